The maximum absolute atomic E-state index is 12.4. The Morgan fingerprint density at radius 3 is 1.32 bits per heavy atom. The van der Waals surface area contributed by atoms with Crippen molar-refractivity contribution in [2.45, 2.75) is 27.7 Å². The molecule has 0 atom stereocenters. The molecule has 0 aliphatic carbocycles. The minimum atomic E-state index is -3.44. The Morgan fingerprint density at radius 1 is 0.684 bits per heavy atom. The van der Waals surface area contributed by atoms with Crippen molar-refractivity contribution < 1.29 is 8.42 Å². The Hall–Kier alpha value is -1.61. The highest BCUT2D eigenvalue weighted by Crippen LogP contribution is 2.20. The highest BCUT2D eigenvalue weighted by atomic mass is 32.2. The van der Waals surface area contributed by atoms with E-state index in [4.69, 9.17) is 0 Å². The molecule has 0 heterocycles. The lowest BCUT2D eigenvalue weighted by atomic mass is 10.4. The quantitative estimate of drug-likeness (QED) is 0.672. The van der Waals surface area contributed by atoms with E-state index in [1.165, 1.54) is 0 Å². The summed E-state index contributed by atoms with van der Waals surface area (Å²) in [5.41, 5.74) is 0. The fourth-order valence-corrected chi connectivity index (χ4v) is 2.75. The van der Waals surface area contributed by atoms with Crippen LogP contribution in [0.3, 0.4) is 0 Å². The van der Waals surface area contributed by atoms with Crippen LogP contribution >= 0.6 is 0 Å². The first kappa shape index (κ1) is 17.4. The lowest BCUT2D eigenvalue weighted by Crippen LogP contribution is -2.04. The third kappa shape index (κ3) is 5.71. The van der Waals surface area contributed by atoms with Crippen LogP contribution in [0.5, 0.6) is 0 Å². The summed E-state index contributed by atoms with van der Waals surface area (Å²) in [6.07, 6.45) is 17.1. The predicted molar refractivity (Wildman–Crippen MR) is 84.3 cm³/mol. The summed E-state index contributed by atoms with van der Waals surface area (Å²) in [4.78, 5) is 0.590. The first-order chi connectivity index (χ1) is 9.04. The molecule has 0 saturated heterocycles. The summed E-state index contributed by atoms with van der Waals surface area (Å²) in [6, 6.07) is 0. The van der Waals surface area contributed by atoms with Crippen molar-refractivity contribution in [2.75, 3.05) is 0 Å². The largest absolute Gasteiger partial charge is 0.219 e. The summed E-state index contributed by atoms with van der Waals surface area (Å²) in [5.74, 6) is 0. The molecule has 0 aromatic heterocycles. The lowest BCUT2D eigenvalue weighted by Gasteiger charge is -2.05. The molecule has 19 heavy (non-hydrogen) atoms. The van der Waals surface area contributed by atoms with Crippen molar-refractivity contribution in [3.05, 3.63) is 70.6 Å². The fourth-order valence-electron chi connectivity index (χ4n) is 1.34. The number of rotatable bonds is 6. The van der Waals surface area contributed by atoms with Gasteiger partial charge in [-0.1, -0.05) is 48.6 Å². The maximum Gasteiger partial charge on any atom is 0.205 e. The molecule has 104 valence electrons. The molecule has 0 spiro atoms. The van der Waals surface area contributed by atoms with Crippen LogP contribution in [-0.2, 0) is 9.84 Å². The van der Waals surface area contributed by atoms with Gasteiger partial charge in [0.25, 0.3) is 0 Å². The molecular weight excluding hydrogens is 256 g/mol. The topological polar surface area (TPSA) is 34.1 Å². The van der Waals surface area contributed by atoms with Crippen molar-refractivity contribution in [1.82, 2.24) is 0 Å². The molecule has 3 heteroatoms. The average Bonchev–Trinajstić information content (AvgIpc) is 2.39. The average molecular weight is 278 g/mol. The van der Waals surface area contributed by atoms with Gasteiger partial charge in [0.1, 0.15) is 0 Å². The van der Waals surface area contributed by atoms with E-state index in [0.717, 1.165) is 0 Å². The third-order valence-electron chi connectivity index (χ3n) is 2.32. The second kappa shape index (κ2) is 9.34. The summed E-state index contributed by atoms with van der Waals surface area (Å²) in [6.45, 7) is 7.20. The number of sulfone groups is 1. The predicted octanol–water partition coefficient (Wildman–Crippen LogP) is 4.47. The molecule has 0 unspecified atom stereocenters. The number of hydrogen-bond donors (Lipinski definition) is 0. The van der Waals surface area contributed by atoms with Crippen molar-refractivity contribution in [3.8, 4) is 0 Å². The summed E-state index contributed by atoms with van der Waals surface area (Å²) in [7, 11) is -3.44. The van der Waals surface area contributed by atoms with Gasteiger partial charge in [-0.25, -0.2) is 8.42 Å². The second-order valence-electron chi connectivity index (χ2n) is 3.66. The Morgan fingerprint density at radius 2 is 1.05 bits per heavy atom. The van der Waals surface area contributed by atoms with Gasteiger partial charge >= 0.3 is 0 Å². The second-order valence-corrected chi connectivity index (χ2v) is 5.61. The molecule has 0 aliphatic rings. The van der Waals surface area contributed by atoms with Crippen LogP contribution in [-0.4, -0.2) is 8.42 Å². The molecule has 2 nitrogen and oxygen atoms in total. The lowest BCUT2D eigenvalue weighted by molar-refractivity contribution is 0.609. The van der Waals surface area contributed by atoms with Gasteiger partial charge in [0.05, 0.1) is 9.81 Å². The smallest absolute Gasteiger partial charge is 0.205 e. The van der Waals surface area contributed by atoms with Crippen LogP contribution in [0.4, 0.5) is 0 Å². The van der Waals surface area contributed by atoms with Gasteiger partial charge < -0.3 is 0 Å². The molecule has 0 N–H and O–H groups in total. The van der Waals surface area contributed by atoms with E-state index in [1.54, 1.807) is 62.5 Å². The first-order valence-electron chi connectivity index (χ1n) is 6.21. The van der Waals surface area contributed by atoms with Crippen LogP contribution in [0.2, 0.25) is 0 Å². The zero-order chi connectivity index (χ0) is 14.7. The normalized spacial score (nSPS) is 15.6. The first-order valence-corrected chi connectivity index (χ1v) is 7.69. The van der Waals surface area contributed by atoms with Crippen molar-refractivity contribution in [3.63, 3.8) is 0 Å². The zero-order valence-corrected chi connectivity index (χ0v) is 12.8. The Kier molecular flexibility index (Phi) is 8.55. The van der Waals surface area contributed by atoms with Gasteiger partial charge in [-0.2, -0.15) is 0 Å². The van der Waals surface area contributed by atoms with E-state index in [2.05, 4.69) is 0 Å². The Labute approximate surface area is 117 Å². The van der Waals surface area contributed by atoms with Gasteiger partial charge in [-0.05, 0) is 39.8 Å². The maximum atomic E-state index is 12.4. The summed E-state index contributed by atoms with van der Waals surface area (Å²) < 4.78 is 24.8. The monoisotopic (exact) mass is 278 g/mol. The number of hydrogen-bond acceptors (Lipinski definition) is 2. The minimum Gasteiger partial charge on any atom is -0.219 e. The zero-order valence-electron chi connectivity index (χ0n) is 12.0. The molecule has 0 aromatic carbocycles. The third-order valence-corrected chi connectivity index (χ3v) is 4.30. The van der Waals surface area contributed by atoms with E-state index in [9.17, 15) is 8.42 Å². The van der Waals surface area contributed by atoms with Crippen LogP contribution < -0.4 is 0 Å². The standard InChI is InChI=1S/C16H22O2S/c1-5-9-11-13-15(7-3)19(17,18)16(8-4)14-12-10-6-2/h5-14H,1-4H3/b9-5-,10-6-,13-11-,14-12-,15-7+,16-8+. The highest BCUT2D eigenvalue weighted by molar-refractivity contribution is 7.99. The molecule has 0 aromatic rings. The van der Waals surface area contributed by atoms with E-state index >= 15 is 0 Å². The van der Waals surface area contributed by atoms with Gasteiger partial charge in [0, 0.05) is 0 Å². The van der Waals surface area contributed by atoms with Crippen LogP contribution in [0.25, 0.3) is 0 Å². The van der Waals surface area contributed by atoms with Gasteiger partial charge in [-0.15, -0.1) is 0 Å². The van der Waals surface area contributed by atoms with Gasteiger partial charge in [0.2, 0.25) is 9.84 Å². The SMILES string of the molecule is C\C=C/C=C\C(=C/C)S(=O)(=O)C(/C=C\C=C/C)=C/C. The molecule has 0 bridgehead atoms. The Balaban J connectivity index is 5.44. The minimum absolute atomic E-state index is 0.295. The van der Waals surface area contributed by atoms with Gasteiger partial charge in [-0.3, -0.25) is 0 Å². The molecule has 0 fully saturated rings. The Bertz CT molecular complexity index is 495. The van der Waals surface area contributed by atoms with Crippen molar-refractivity contribution in [1.29, 1.82) is 0 Å². The molecular formula is C16H22O2S. The van der Waals surface area contributed by atoms with Crippen LogP contribution in [0.1, 0.15) is 27.7 Å². The molecule has 0 amide bonds. The van der Waals surface area contributed by atoms with Crippen LogP contribution in [0.15, 0.2) is 70.6 Å². The van der Waals surface area contributed by atoms with E-state index in [0.29, 0.717) is 9.81 Å². The molecule has 0 radical (unpaired) electrons. The van der Waals surface area contributed by atoms with Crippen molar-refractivity contribution in [2.24, 2.45) is 0 Å². The van der Waals surface area contributed by atoms with E-state index in [-0.39, 0.29) is 0 Å². The van der Waals surface area contributed by atoms with Crippen LogP contribution in [0, 0.1) is 0 Å². The summed E-state index contributed by atoms with van der Waals surface area (Å²) in [5, 5.41) is 0. The molecule has 0 aliphatic heterocycles. The fraction of sp³-hybridized carbons (Fsp3) is 0.250. The van der Waals surface area contributed by atoms with Crippen molar-refractivity contribution >= 4 is 9.84 Å². The molecule has 0 rings (SSSR count). The highest BCUT2D eigenvalue weighted by Gasteiger charge is 2.17. The summed E-state index contributed by atoms with van der Waals surface area (Å²) >= 11 is 0. The number of allylic oxidation sites excluding steroid dienone is 10. The molecule has 0 saturated carbocycles. The van der Waals surface area contributed by atoms with E-state index in [1.807, 2.05) is 26.0 Å². The van der Waals surface area contributed by atoms with E-state index < -0.39 is 9.84 Å². The van der Waals surface area contributed by atoms with Gasteiger partial charge in [0.15, 0.2) is 0 Å².